The lowest BCUT2D eigenvalue weighted by atomic mass is 9.37. The van der Waals surface area contributed by atoms with E-state index in [1.807, 2.05) is 18.2 Å². The van der Waals surface area contributed by atoms with E-state index in [1.165, 1.54) is 7.11 Å². The van der Waals surface area contributed by atoms with Gasteiger partial charge in [0.05, 0.1) is 12.6 Å². The van der Waals surface area contributed by atoms with Crippen molar-refractivity contribution >= 4 is 11.7 Å². The highest BCUT2D eigenvalue weighted by molar-refractivity contribution is 5.88. The van der Waals surface area contributed by atoms with Gasteiger partial charge in [-0.25, -0.2) is 4.79 Å². The van der Waals surface area contributed by atoms with Crippen LogP contribution in [0.25, 0.3) is 0 Å². The second-order valence-electron chi connectivity index (χ2n) is 8.87. The summed E-state index contributed by atoms with van der Waals surface area (Å²) >= 11 is 0. The van der Waals surface area contributed by atoms with Gasteiger partial charge >= 0.3 is 5.97 Å². The van der Waals surface area contributed by atoms with Gasteiger partial charge in [0.25, 0.3) is 0 Å². The minimum atomic E-state index is -2.01. The summed E-state index contributed by atoms with van der Waals surface area (Å²) in [4.78, 5) is 15.4. The lowest BCUT2D eigenvalue weighted by Crippen LogP contribution is -2.88. The summed E-state index contributed by atoms with van der Waals surface area (Å²) in [5, 5.41) is 27.0. The van der Waals surface area contributed by atoms with Gasteiger partial charge in [0, 0.05) is 29.1 Å². The number of hydrogen-bond acceptors (Lipinski definition) is 6. The number of benzene rings is 1. The zero-order valence-electron chi connectivity index (χ0n) is 15.3. The average Bonchev–Trinajstić information content (AvgIpc) is 3.24. The van der Waals surface area contributed by atoms with Crippen molar-refractivity contribution in [1.82, 2.24) is 4.90 Å². The molecule has 7 rings (SSSR count). The molecule has 3 N–H and O–H groups in total. The second kappa shape index (κ2) is 4.57. The van der Waals surface area contributed by atoms with E-state index in [0.717, 1.165) is 37.2 Å². The van der Waals surface area contributed by atoms with Crippen LogP contribution < -0.4 is 5.32 Å². The number of nitrogens with one attached hydrogen (secondary N) is 1. The van der Waals surface area contributed by atoms with Crippen molar-refractivity contribution in [3.63, 3.8) is 0 Å². The first-order valence-electron chi connectivity index (χ1n) is 9.76. The lowest BCUT2D eigenvalue weighted by molar-refractivity contribution is -0.258. The molecule has 6 nitrogen and oxygen atoms in total. The van der Waals surface area contributed by atoms with Gasteiger partial charge in [-0.1, -0.05) is 30.4 Å². The summed E-state index contributed by atoms with van der Waals surface area (Å²) in [6.45, 7) is 1.73. The number of aliphatic hydroxyl groups is 2. The van der Waals surface area contributed by atoms with E-state index < -0.39 is 34.0 Å². The van der Waals surface area contributed by atoms with Crippen molar-refractivity contribution in [2.75, 3.05) is 25.5 Å². The summed E-state index contributed by atoms with van der Waals surface area (Å²) in [6.07, 6.45) is 5.12. The SMILES string of the molecule is COC(=O)[C@]1(O)[C@@H](O)[C@@]23C=CCN4CC[C@@]5(c6ccccc6N[C@]15CC2)[C@@H]43. The Morgan fingerprint density at radius 1 is 1.30 bits per heavy atom. The van der Waals surface area contributed by atoms with E-state index >= 15 is 0 Å². The third kappa shape index (κ3) is 1.33. The molecule has 1 aromatic rings. The van der Waals surface area contributed by atoms with E-state index in [4.69, 9.17) is 4.74 Å². The first-order chi connectivity index (χ1) is 13.0. The zero-order chi connectivity index (χ0) is 18.7. The molecule has 0 radical (unpaired) electrons. The fraction of sp³-hybridized carbons (Fsp3) is 0.571. The van der Waals surface area contributed by atoms with E-state index in [2.05, 4.69) is 28.4 Å². The minimum absolute atomic E-state index is 0.0554. The standard InChI is InChI=1S/C21H24N2O4/c1-27-17(25)21(26)16(24)18-7-4-11-23-12-10-19(15(18)23)13-5-2-3-6-14(13)22-20(19,21)9-8-18/h2-7,15-16,22,24,26H,8-12H2,1H3/t15-,16-,18-,19+,20-,21+/m0/s1. The van der Waals surface area contributed by atoms with Crippen LogP contribution in [0.4, 0.5) is 5.69 Å². The van der Waals surface area contributed by atoms with Crippen LogP contribution in [0, 0.1) is 5.41 Å². The van der Waals surface area contributed by atoms with Crippen molar-refractivity contribution in [3.05, 3.63) is 42.0 Å². The number of fused-ring (bicyclic) bond motifs is 3. The largest absolute Gasteiger partial charge is 0.467 e. The third-order valence-corrected chi connectivity index (χ3v) is 8.40. The van der Waals surface area contributed by atoms with Crippen LogP contribution in [0.5, 0.6) is 0 Å². The van der Waals surface area contributed by atoms with Crippen LogP contribution in [0.2, 0.25) is 0 Å². The van der Waals surface area contributed by atoms with Crippen LogP contribution in [0.1, 0.15) is 24.8 Å². The maximum Gasteiger partial charge on any atom is 0.343 e. The monoisotopic (exact) mass is 368 g/mol. The first-order valence-corrected chi connectivity index (χ1v) is 9.76. The summed E-state index contributed by atoms with van der Waals surface area (Å²) in [7, 11) is 1.29. The molecule has 6 aliphatic rings. The normalized spacial score (nSPS) is 48.6. The molecule has 3 saturated carbocycles. The van der Waals surface area contributed by atoms with Crippen molar-refractivity contribution in [3.8, 4) is 0 Å². The van der Waals surface area contributed by atoms with Gasteiger partial charge < -0.3 is 20.3 Å². The number of hydrogen-bond donors (Lipinski definition) is 3. The molecule has 0 amide bonds. The fourth-order valence-corrected chi connectivity index (χ4v) is 7.65. The Morgan fingerprint density at radius 2 is 2.11 bits per heavy atom. The highest BCUT2D eigenvalue weighted by atomic mass is 16.5. The molecule has 4 fully saturated rings. The zero-order valence-corrected chi connectivity index (χ0v) is 15.3. The van der Waals surface area contributed by atoms with Crippen LogP contribution in [-0.4, -0.2) is 64.6 Å². The van der Waals surface area contributed by atoms with Gasteiger partial charge in [-0.2, -0.15) is 0 Å². The number of ether oxygens (including phenoxy) is 1. The van der Waals surface area contributed by atoms with Crippen molar-refractivity contribution in [1.29, 1.82) is 0 Å². The van der Waals surface area contributed by atoms with E-state index in [0.29, 0.717) is 6.42 Å². The molecule has 0 unspecified atom stereocenters. The molecular formula is C21H24N2O4. The molecule has 27 heavy (non-hydrogen) atoms. The van der Waals surface area contributed by atoms with E-state index in [9.17, 15) is 15.0 Å². The topological polar surface area (TPSA) is 82.0 Å². The molecule has 2 bridgehead atoms. The lowest BCUT2D eigenvalue weighted by Gasteiger charge is -2.71. The smallest absolute Gasteiger partial charge is 0.343 e. The molecule has 3 heterocycles. The predicted octanol–water partition coefficient (Wildman–Crippen LogP) is 0.792. The Morgan fingerprint density at radius 3 is 2.93 bits per heavy atom. The number of carbonyl (C=O) groups excluding carboxylic acids is 1. The number of carbonyl (C=O) groups is 1. The summed E-state index contributed by atoms with van der Waals surface area (Å²) < 4.78 is 5.07. The molecule has 6 heteroatoms. The summed E-state index contributed by atoms with van der Waals surface area (Å²) in [6, 6.07) is 8.19. The van der Waals surface area contributed by atoms with Gasteiger partial charge in [-0.05, 0) is 37.4 Å². The average molecular weight is 368 g/mol. The van der Waals surface area contributed by atoms with Gasteiger partial charge in [-0.15, -0.1) is 0 Å². The van der Waals surface area contributed by atoms with Crippen LogP contribution >= 0.6 is 0 Å². The van der Waals surface area contributed by atoms with Gasteiger partial charge in [-0.3, -0.25) is 4.90 Å². The van der Waals surface area contributed by atoms with Gasteiger partial charge in [0.1, 0.15) is 6.10 Å². The molecule has 3 aliphatic carbocycles. The Labute approximate surface area is 157 Å². The molecule has 3 aliphatic heterocycles. The van der Waals surface area contributed by atoms with Crippen LogP contribution in [0.3, 0.4) is 0 Å². The minimum Gasteiger partial charge on any atom is -0.467 e. The second-order valence-corrected chi connectivity index (χ2v) is 8.87. The molecule has 142 valence electrons. The highest BCUT2D eigenvalue weighted by Crippen LogP contribution is 2.74. The number of methoxy groups -OCH3 is 1. The van der Waals surface area contributed by atoms with E-state index in [1.54, 1.807) is 0 Å². The number of anilines is 1. The quantitative estimate of drug-likeness (QED) is 0.502. The fourth-order valence-electron chi connectivity index (χ4n) is 7.65. The highest BCUT2D eigenvalue weighted by Gasteiger charge is 2.87. The third-order valence-electron chi connectivity index (χ3n) is 8.40. The number of nitrogens with zero attached hydrogens (tertiary/aromatic N) is 1. The molecule has 0 aromatic heterocycles. The van der Waals surface area contributed by atoms with Gasteiger partial charge in [0.15, 0.2) is 0 Å². The van der Waals surface area contributed by atoms with Gasteiger partial charge in [0.2, 0.25) is 5.60 Å². The first kappa shape index (κ1) is 16.1. The van der Waals surface area contributed by atoms with Crippen molar-refractivity contribution < 1.29 is 19.7 Å². The number of rotatable bonds is 1. The van der Waals surface area contributed by atoms with Crippen molar-refractivity contribution in [2.24, 2.45) is 5.41 Å². The Kier molecular flexibility index (Phi) is 2.72. The van der Waals surface area contributed by atoms with Crippen LogP contribution in [0.15, 0.2) is 36.4 Å². The van der Waals surface area contributed by atoms with Crippen molar-refractivity contribution in [2.45, 2.75) is 48.0 Å². The van der Waals surface area contributed by atoms with E-state index in [-0.39, 0.29) is 6.04 Å². The number of esters is 1. The van der Waals surface area contributed by atoms with Crippen LogP contribution in [-0.2, 0) is 14.9 Å². The predicted molar refractivity (Wildman–Crippen MR) is 98.2 cm³/mol. The summed E-state index contributed by atoms with van der Waals surface area (Å²) in [5.74, 6) is -0.746. The number of para-hydroxylation sites is 1. The molecule has 6 atom stereocenters. The molecule has 3 spiro atoms. The molecule has 1 saturated heterocycles. The molecular weight excluding hydrogens is 344 g/mol. The maximum atomic E-state index is 13.0. The Hall–Kier alpha value is -1.89. The Bertz CT molecular complexity index is 902. The maximum absolute atomic E-state index is 13.0. The Balaban J connectivity index is 1.73. The molecule has 1 aromatic carbocycles. The number of aliphatic hydroxyl groups excluding tert-OH is 1. The summed E-state index contributed by atoms with van der Waals surface area (Å²) in [5.41, 5.74) is -1.95.